The van der Waals surface area contributed by atoms with Gasteiger partial charge in [-0.3, -0.25) is 0 Å². The molecule has 1 atom stereocenters. The molecule has 1 aliphatic heterocycles. The Kier molecular flexibility index (Phi) is 4.95. The summed E-state index contributed by atoms with van der Waals surface area (Å²) in [6, 6.07) is 22.6. The standard InChI is InChI=1S/C24H19FN6O/c25-18-10-6-17(7-11-18)24-21(15-30(28-24)20-4-2-1-3-5-20)23-14-22(27-31(23)29-32)16-8-12-19(26)13-9-16/h1-13,15,23H,14,26H2/t23-/m1/s1. The lowest BCUT2D eigenvalue weighted by molar-refractivity contribution is 0.242. The SMILES string of the molecule is Nc1ccc(C2=NN(N=O)[C@@H](c3cn(-c4ccccc4)nc3-c3ccc(F)cc3)C2)cc1. The van der Waals surface area contributed by atoms with E-state index < -0.39 is 6.04 Å². The summed E-state index contributed by atoms with van der Waals surface area (Å²) in [7, 11) is 0. The van der Waals surface area contributed by atoms with Crippen LogP contribution in [0.25, 0.3) is 16.9 Å². The molecule has 158 valence electrons. The molecule has 0 unspecified atom stereocenters. The van der Waals surface area contributed by atoms with Crippen molar-refractivity contribution < 1.29 is 4.39 Å². The van der Waals surface area contributed by atoms with Crippen LogP contribution < -0.4 is 5.73 Å². The molecule has 0 saturated heterocycles. The topological polar surface area (TPSA) is 88.9 Å². The van der Waals surface area contributed by atoms with Gasteiger partial charge in [0.25, 0.3) is 0 Å². The number of aromatic nitrogens is 2. The fourth-order valence-electron chi connectivity index (χ4n) is 3.84. The molecule has 7 nitrogen and oxygen atoms in total. The summed E-state index contributed by atoms with van der Waals surface area (Å²) in [5.74, 6) is -0.330. The van der Waals surface area contributed by atoms with Gasteiger partial charge in [0.1, 0.15) is 11.9 Å². The Morgan fingerprint density at radius 1 is 0.938 bits per heavy atom. The second-order valence-corrected chi connectivity index (χ2v) is 7.51. The zero-order valence-electron chi connectivity index (χ0n) is 17.0. The van der Waals surface area contributed by atoms with E-state index in [0.29, 0.717) is 17.8 Å². The van der Waals surface area contributed by atoms with E-state index in [-0.39, 0.29) is 5.82 Å². The van der Waals surface area contributed by atoms with Crippen molar-refractivity contribution >= 4 is 11.4 Å². The van der Waals surface area contributed by atoms with Gasteiger partial charge < -0.3 is 5.73 Å². The minimum atomic E-state index is -0.447. The van der Waals surface area contributed by atoms with Crippen molar-refractivity contribution in [1.82, 2.24) is 14.9 Å². The van der Waals surface area contributed by atoms with Crippen molar-refractivity contribution in [1.29, 1.82) is 0 Å². The summed E-state index contributed by atoms with van der Waals surface area (Å²) in [4.78, 5) is 11.7. The van der Waals surface area contributed by atoms with E-state index in [4.69, 9.17) is 10.8 Å². The molecule has 0 fully saturated rings. The fourth-order valence-corrected chi connectivity index (χ4v) is 3.84. The van der Waals surface area contributed by atoms with Gasteiger partial charge in [0.15, 0.2) is 0 Å². The van der Waals surface area contributed by atoms with Gasteiger partial charge in [-0.1, -0.05) is 30.3 Å². The zero-order chi connectivity index (χ0) is 22.1. The molecular weight excluding hydrogens is 407 g/mol. The van der Waals surface area contributed by atoms with Crippen LogP contribution in [0.15, 0.2) is 95.4 Å². The molecule has 0 radical (unpaired) electrons. The van der Waals surface area contributed by atoms with E-state index in [1.165, 1.54) is 17.3 Å². The van der Waals surface area contributed by atoms with Gasteiger partial charge in [0.05, 0.1) is 22.4 Å². The molecule has 2 N–H and O–H groups in total. The third-order valence-electron chi connectivity index (χ3n) is 5.46. The molecular formula is C24H19FN6O. The number of hydrazone groups is 1. The van der Waals surface area contributed by atoms with Crippen LogP contribution in [0.1, 0.15) is 23.6 Å². The number of anilines is 1. The number of hydrogen-bond donors (Lipinski definition) is 1. The number of nitrogens with zero attached hydrogens (tertiary/aromatic N) is 5. The van der Waals surface area contributed by atoms with Crippen molar-refractivity contribution in [2.75, 3.05) is 5.73 Å². The monoisotopic (exact) mass is 426 g/mol. The predicted molar refractivity (Wildman–Crippen MR) is 121 cm³/mol. The lowest BCUT2D eigenvalue weighted by Crippen LogP contribution is -2.13. The highest BCUT2D eigenvalue weighted by Gasteiger charge is 2.33. The van der Waals surface area contributed by atoms with Crippen molar-refractivity contribution in [2.45, 2.75) is 12.5 Å². The van der Waals surface area contributed by atoms with Gasteiger partial charge >= 0.3 is 0 Å². The number of halogens is 1. The van der Waals surface area contributed by atoms with E-state index in [2.05, 4.69) is 10.4 Å². The highest BCUT2D eigenvalue weighted by atomic mass is 19.1. The van der Waals surface area contributed by atoms with Crippen molar-refractivity contribution in [2.24, 2.45) is 10.4 Å². The van der Waals surface area contributed by atoms with Crippen LogP contribution in [-0.4, -0.2) is 20.6 Å². The van der Waals surface area contributed by atoms with E-state index in [9.17, 15) is 9.30 Å². The first-order valence-electron chi connectivity index (χ1n) is 10.1. The molecule has 0 bridgehead atoms. The molecule has 0 amide bonds. The highest BCUT2D eigenvalue weighted by molar-refractivity contribution is 6.02. The number of nitrogens with two attached hydrogens (primary N) is 1. The average molecular weight is 426 g/mol. The van der Waals surface area contributed by atoms with Gasteiger partial charge in [0, 0.05) is 29.4 Å². The summed E-state index contributed by atoms with van der Waals surface area (Å²) in [6.45, 7) is 0. The summed E-state index contributed by atoms with van der Waals surface area (Å²) in [5, 5.41) is 13.5. The predicted octanol–water partition coefficient (Wildman–Crippen LogP) is 5.09. The minimum Gasteiger partial charge on any atom is -0.399 e. The van der Waals surface area contributed by atoms with Crippen LogP contribution in [0.4, 0.5) is 10.1 Å². The summed E-state index contributed by atoms with van der Waals surface area (Å²) >= 11 is 0. The lowest BCUT2D eigenvalue weighted by atomic mass is 9.97. The first kappa shape index (κ1) is 19.6. The summed E-state index contributed by atoms with van der Waals surface area (Å²) in [6.07, 6.45) is 2.34. The Labute approximate surface area is 183 Å². The Hall–Kier alpha value is -4.33. The number of benzene rings is 3. The molecule has 0 saturated carbocycles. The normalized spacial score (nSPS) is 15.6. The van der Waals surface area contributed by atoms with Crippen molar-refractivity contribution in [3.8, 4) is 16.9 Å². The lowest BCUT2D eigenvalue weighted by Gasteiger charge is -2.15. The number of nitroso groups, excluding NO2 is 1. The average Bonchev–Trinajstić information content (AvgIpc) is 3.45. The van der Waals surface area contributed by atoms with Crippen LogP contribution in [-0.2, 0) is 0 Å². The molecule has 4 aromatic rings. The summed E-state index contributed by atoms with van der Waals surface area (Å²) < 4.78 is 15.3. The maximum atomic E-state index is 13.5. The Balaban J connectivity index is 1.58. The second kappa shape index (κ2) is 8.07. The quantitative estimate of drug-likeness (QED) is 0.355. The molecule has 5 rings (SSSR count). The van der Waals surface area contributed by atoms with Crippen LogP contribution in [0.3, 0.4) is 0 Å². The zero-order valence-corrected chi connectivity index (χ0v) is 17.0. The number of para-hydroxylation sites is 1. The third-order valence-corrected chi connectivity index (χ3v) is 5.46. The van der Waals surface area contributed by atoms with Gasteiger partial charge in [-0.25, -0.2) is 9.07 Å². The minimum absolute atomic E-state index is 0.330. The number of rotatable bonds is 5. The first-order valence-corrected chi connectivity index (χ1v) is 10.1. The molecule has 1 aromatic heterocycles. The molecule has 3 aromatic carbocycles. The largest absolute Gasteiger partial charge is 0.399 e. The molecule has 1 aliphatic rings. The number of nitrogen functional groups attached to an aromatic ring is 1. The van der Waals surface area contributed by atoms with E-state index in [0.717, 1.165) is 28.1 Å². The fraction of sp³-hybridized carbons (Fsp3) is 0.0833. The van der Waals surface area contributed by atoms with Crippen LogP contribution in [0.2, 0.25) is 0 Å². The number of hydrogen-bond acceptors (Lipinski definition) is 5. The van der Waals surface area contributed by atoms with Crippen molar-refractivity contribution in [3.63, 3.8) is 0 Å². The first-order chi connectivity index (χ1) is 15.6. The van der Waals surface area contributed by atoms with E-state index in [1.807, 2.05) is 48.7 Å². The Bertz CT molecular complexity index is 1280. The second-order valence-electron chi connectivity index (χ2n) is 7.51. The Morgan fingerprint density at radius 3 is 2.31 bits per heavy atom. The van der Waals surface area contributed by atoms with Gasteiger partial charge in [-0.15, -0.1) is 10.0 Å². The third kappa shape index (κ3) is 3.62. The molecule has 2 heterocycles. The van der Waals surface area contributed by atoms with Crippen molar-refractivity contribution in [3.05, 3.63) is 107 Å². The maximum absolute atomic E-state index is 13.5. The van der Waals surface area contributed by atoms with Crippen LogP contribution in [0.5, 0.6) is 0 Å². The highest BCUT2D eigenvalue weighted by Crippen LogP contribution is 2.38. The summed E-state index contributed by atoms with van der Waals surface area (Å²) in [5.41, 5.74) is 11.1. The van der Waals surface area contributed by atoms with E-state index in [1.54, 1.807) is 28.9 Å². The van der Waals surface area contributed by atoms with Crippen LogP contribution in [0, 0.1) is 10.7 Å². The smallest absolute Gasteiger partial charge is 0.123 e. The van der Waals surface area contributed by atoms with Gasteiger partial charge in [-0.2, -0.15) is 10.2 Å². The molecule has 0 spiro atoms. The molecule has 8 heteroatoms. The molecule has 0 aliphatic carbocycles. The Morgan fingerprint density at radius 2 is 1.62 bits per heavy atom. The van der Waals surface area contributed by atoms with Gasteiger partial charge in [0.2, 0.25) is 0 Å². The van der Waals surface area contributed by atoms with E-state index >= 15 is 0 Å². The van der Waals surface area contributed by atoms with Crippen LogP contribution >= 0.6 is 0 Å². The molecule has 32 heavy (non-hydrogen) atoms. The maximum Gasteiger partial charge on any atom is 0.123 e. The van der Waals surface area contributed by atoms with Gasteiger partial charge in [-0.05, 0) is 54.1 Å².